The van der Waals surface area contributed by atoms with Gasteiger partial charge >= 0.3 is 0 Å². The normalized spacial score (nSPS) is 14.1. The van der Waals surface area contributed by atoms with E-state index in [-0.39, 0.29) is 18.1 Å². The number of carbonyl (C=O) groups is 1. The molecule has 1 N–H and O–H groups in total. The minimum absolute atomic E-state index is 0.0913. The SMILES string of the molecule is Cc1cc(-c2ccc(CC(=O)NCc3cccc(F)c3)cc2)ccc1OCCN1CCOCC1. The van der Waals surface area contributed by atoms with E-state index in [0.29, 0.717) is 13.2 Å². The summed E-state index contributed by atoms with van der Waals surface area (Å²) in [6, 6.07) is 20.5. The van der Waals surface area contributed by atoms with Crippen molar-refractivity contribution in [2.75, 3.05) is 39.5 Å². The highest BCUT2D eigenvalue weighted by Crippen LogP contribution is 2.26. The first-order valence-corrected chi connectivity index (χ1v) is 11.7. The molecule has 0 aromatic heterocycles. The Labute approximate surface area is 200 Å². The van der Waals surface area contributed by atoms with Crippen molar-refractivity contribution in [2.24, 2.45) is 0 Å². The molecule has 1 fully saturated rings. The molecule has 1 saturated heterocycles. The summed E-state index contributed by atoms with van der Waals surface area (Å²) in [6.07, 6.45) is 0.282. The van der Waals surface area contributed by atoms with Crippen molar-refractivity contribution in [3.8, 4) is 16.9 Å². The van der Waals surface area contributed by atoms with E-state index in [0.717, 1.165) is 66.4 Å². The lowest BCUT2D eigenvalue weighted by Gasteiger charge is -2.26. The van der Waals surface area contributed by atoms with E-state index in [9.17, 15) is 9.18 Å². The van der Waals surface area contributed by atoms with Crippen molar-refractivity contribution in [1.29, 1.82) is 0 Å². The monoisotopic (exact) mass is 462 g/mol. The lowest BCUT2D eigenvalue weighted by molar-refractivity contribution is -0.120. The summed E-state index contributed by atoms with van der Waals surface area (Å²) >= 11 is 0. The third-order valence-corrected chi connectivity index (χ3v) is 5.97. The van der Waals surface area contributed by atoms with E-state index in [2.05, 4.69) is 29.3 Å². The molecule has 5 nitrogen and oxygen atoms in total. The molecule has 0 radical (unpaired) electrons. The molecule has 3 aromatic rings. The summed E-state index contributed by atoms with van der Waals surface area (Å²) in [7, 11) is 0. The second-order valence-electron chi connectivity index (χ2n) is 8.56. The third kappa shape index (κ3) is 6.89. The topological polar surface area (TPSA) is 50.8 Å². The molecule has 0 saturated carbocycles. The van der Waals surface area contributed by atoms with Crippen LogP contribution in [-0.4, -0.2) is 50.3 Å². The Balaban J connectivity index is 1.27. The second-order valence-corrected chi connectivity index (χ2v) is 8.56. The van der Waals surface area contributed by atoms with Gasteiger partial charge in [-0.2, -0.15) is 0 Å². The Morgan fingerprint density at radius 1 is 1.00 bits per heavy atom. The van der Waals surface area contributed by atoms with E-state index in [1.807, 2.05) is 30.3 Å². The fraction of sp³-hybridized carbons (Fsp3) is 0.321. The number of hydrogen-bond donors (Lipinski definition) is 1. The molecule has 0 spiro atoms. The average molecular weight is 463 g/mol. The fourth-order valence-corrected chi connectivity index (χ4v) is 4.01. The largest absolute Gasteiger partial charge is 0.492 e. The van der Waals surface area contributed by atoms with E-state index < -0.39 is 0 Å². The van der Waals surface area contributed by atoms with Crippen molar-refractivity contribution in [1.82, 2.24) is 10.2 Å². The lowest BCUT2D eigenvalue weighted by Crippen LogP contribution is -2.38. The fourth-order valence-electron chi connectivity index (χ4n) is 4.01. The molecule has 0 aliphatic carbocycles. The summed E-state index contributed by atoms with van der Waals surface area (Å²) in [6.45, 7) is 7.47. The summed E-state index contributed by atoms with van der Waals surface area (Å²) in [5.41, 5.74) is 4.97. The maximum atomic E-state index is 13.3. The Morgan fingerprint density at radius 2 is 1.76 bits per heavy atom. The van der Waals surface area contributed by atoms with E-state index >= 15 is 0 Å². The number of morpholine rings is 1. The molecule has 1 aliphatic heterocycles. The molecule has 1 amide bonds. The van der Waals surface area contributed by atoms with Gasteiger partial charge in [0.2, 0.25) is 5.91 Å². The Bertz CT molecular complexity index is 1100. The standard InChI is InChI=1S/C28H31FN2O3/c1-21-17-25(9-10-27(21)34-16-13-31-11-14-33-15-12-31)24-7-5-22(6-8-24)19-28(32)30-20-23-3-2-4-26(29)18-23/h2-10,17-18H,11-16,19-20H2,1H3,(H,30,32). The van der Waals surface area contributed by atoms with Crippen LogP contribution in [0.3, 0.4) is 0 Å². The molecule has 3 aromatic carbocycles. The maximum Gasteiger partial charge on any atom is 0.224 e. The van der Waals surface area contributed by atoms with Gasteiger partial charge in [0, 0.05) is 26.2 Å². The molecule has 6 heteroatoms. The number of carbonyl (C=O) groups excluding carboxylic acids is 1. The van der Waals surface area contributed by atoms with Gasteiger partial charge in [0.15, 0.2) is 0 Å². The van der Waals surface area contributed by atoms with Crippen LogP contribution in [0.1, 0.15) is 16.7 Å². The first kappa shape index (κ1) is 23.9. The lowest BCUT2D eigenvalue weighted by atomic mass is 10.0. The van der Waals surface area contributed by atoms with Crippen LogP contribution in [0.2, 0.25) is 0 Å². The molecular formula is C28H31FN2O3. The van der Waals surface area contributed by atoms with Crippen molar-refractivity contribution in [3.05, 3.63) is 89.2 Å². The quantitative estimate of drug-likeness (QED) is 0.513. The highest BCUT2D eigenvalue weighted by molar-refractivity contribution is 5.79. The van der Waals surface area contributed by atoms with Crippen molar-refractivity contribution >= 4 is 5.91 Å². The van der Waals surface area contributed by atoms with Gasteiger partial charge in [-0.15, -0.1) is 0 Å². The predicted octanol–water partition coefficient (Wildman–Crippen LogP) is 4.37. The molecule has 1 aliphatic rings. The Morgan fingerprint density at radius 3 is 2.50 bits per heavy atom. The maximum absolute atomic E-state index is 13.3. The highest BCUT2D eigenvalue weighted by atomic mass is 19.1. The number of rotatable bonds is 9. The van der Waals surface area contributed by atoms with E-state index in [1.54, 1.807) is 12.1 Å². The molecule has 4 rings (SSSR count). The smallest absolute Gasteiger partial charge is 0.224 e. The molecule has 178 valence electrons. The van der Waals surface area contributed by atoms with Crippen molar-refractivity contribution in [3.63, 3.8) is 0 Å². The summed E-state index contributed by atoms with van der Waals surface area (Å²) in [5.74, 6) is 0.514. The number of aryl methyl sites for hydroxylation is 1. The van der Waals surface area contributed by atoms with Gasteiger partial charge < -0.3 is 14.8 Å². The van der Waals surface area contributed by atoms with E-state index in [1.165, 1.54) is 12.1 Å². The van der Waals surface area contributed by atoms with Gasteiger partial charge in [0.1, 0.15) is 18.2 Å². The summed E-state index contributed by atoms with van der Waals surface area (Å²) < 4.78 is 24.7. The number of nitrogens with one attached hydrogen (secondary N) is 1. The zero-order chi connectivity index (χ0) is 23.8. The van der Waals surface area contributed by atoms with Gasteiger partial charge in [-0.05, 0) is 59.0 Å². The van der Waals surface area contributed by atoms with Crippen LogP contribution in [0.25, 0.3) is 11.1 Å². The van der Waals surface area contributed by atoms with Crippen LogP contribution in [-0.2, 0) is 22.5 Å². The minimum Gasteiger partial charge on any atom is -0.492 e. The van der Waals surface area contributed by atoms with Crippen LogP contribution in [0.15, 0.2) is 66.7 Å². The van der Waals surface area contributed by atoms with Crippen LogP contribution in [0, 0.1) is 12.7 Å². The van der Waals surface area contributed by atoms with Crippen LogP contribution in [0.4, 0.5) is 4.39 Å². The highest BCUT2D eigenvalue weighted by Gasteiger charge is 2.11. The second kappa shape index (κ2) is 11.8. The summed E-state index contributed by atoms with van der Waals surface area (Å²) in [4.78, 5) is 14.6. The van der Waals surface area contributed by atoms with Crippen LogP contribution in [0.5, 0.6) is 5.75 Å². The number of nitrogens with zero attached hydrogens (tertiary/aromatic N) is 1. The number of halogens is 1. The van der Waals surface area contributed by atoms with Gasteiger partial charge in [-0.25, -0.2) is 4.39 Å². The third-order valence-electron chi connectivity index (χ3n) is 5.97. The number of hydrogen-bond acceptors (Lipinski definition) is 4. The van der Waals surface area contributed by atoms with Crippen LogP contribution < -0.4 is 10.1 Å². The van der Waals surface area contributed by atoms with E-state index in [4.69, 9.17) is 9.47 Å². The van der Waals surface area contributed by atoms with Crippen molar-refractivity contribution in [2.45, 2.75) is 19.9 Å². The Hall–Kier alpha value is -3.22. The zero-order valence-corrected chi connectivity index (χ0v) is 19.6. The average Bonchev–Trinajstić information content (AvgIpc) is 2.85. The number of benzene rings is 3. The van der Waals surface area contributed by atoms with Gasteiger partial charge in [0.05, 0.1) is 19.6 Å². The molecule has 0 unspecified atom stereocenters. The van der Waals surface area contributed by atoms with Crippen molar-refractivity contribution < 1.29 is 18.7 Å². The minimum atomic E-state index is -0.301. The van der Waals surface area contributed by atoms with Gasteiger partial charge in [-0.1, -0.05) is 42.5 Å². The Kier molecular flexibility index (Phi) is 8.28. The first-order chi connectivity index (χ1) is 16.6. The molecule has 0 atom stereocenters. The summed E-state index contributed by atoms with van der Waals surface area (Å²) in [5, 5.41) is 2.84. The molecule has 0 bridgehead atoms. The van der Waals surface area contributed by atoms with Gasteiger partial charge in [0.25, 0.3) is 0 Å². The van der Waals surface area contributed by atoms with Gasteiger partial charge in [-0.3, -0.25) is 9.69 Å². The molecular weight excluding hydrogens is 431 g/mol. The molecule has 1 heterocycles. The number of ether oxygens (including phenoxy) is 2. The van der Waals surface area contributed by atoms with Crippen LogP contribution >= 0.6 is 0 Å². The number of amides is 1. The predicted molar refractivity (Wildman–Crippen MR) is 131 cm³/mol. The zero-order valence-electron chi connectivity index (χ0n) is 19.6. The first-order valence-electron chi connectivity index (χ1n) is 11.7. The molecule has 34 heavy (non-hydrogen) atoms.